The lowest BCUT2D eigenvalue weighted by molar-refractivity contribution is -0.385. The van der Waals surface area contributed by atoms with Crippen molar-refractivity contribution in [2.75, 3.05) is 6.86 Å². The van der Waals surface area contributed by atoms with Crippen molar-refractivity contribution >= 4 is 21.6 Å². The van der Waals surface area contributed by atoms with Crippen LogP contribution in [0.4, 0.5) is 14.5 Å². The number of benzene rings is 1. The Bertz CT molecular complexity index is 372. The van der Waals surface area contributed by atoms with Crippen molar-refractivity contribution < 1.29 is 18.4 Å². The highest BCUT2D eigenvalue weighted by atomic mass is 79.9. The van der Waals surface area contributed by atoms with Crippen LogP contribution in [-0.4, -0.2) is 11.8 Å². The molecule has 4 nitrogen and oxygen atoms in total. The zero-order valence-corrected chi connectivity index (χ0v) is 8.25. The van der Waals surface area contributed by atoms with Gasteiger partial charge in [-0.25, -0.2) is 8.78 Å². The summed E-state index contributed by atoms with van der Waals surface area (Å²) in [6.07, 6.45) is 0. The van der Waals surface area contributed by atoms with Crippen molar-refractivity contribution in [1.29, 1.82) is 0 Å². The molecule has 0 N–H and O–H groups in total. The third kappa shape index (κ3) is 2.16. The van der Waals surface area contributed by atoms with Gasteiger partial charge in [-0.05, 0) is 15.9 Å². The fourth-order valence-corrected chi connectivity index (χ4v) is 1.29. The monoisotopic (exact) mass is 267 g/mol. The van der Waals surface area contributed by atoms with Gasteiger partial charge in [0.1, 0.15) is 0 Å². The molecule has 0 fully saturated rings. The van der Waals surface area contributed by atoms with E-state index in [-0.39, 0.29) is 10.2 Å². The summed E-state index contributed by atoms with van der Waals surface area (Å²) < 4.78 is 29.0. The van der Waals surface area contributed by atoms with Crippen molar-refractivity contribution in [3.8, 4) is 5.75 Å². The predicted octanol–water partition coefficient (Wildman–Crippen LogP) is 2.80. The fourth-order valence-electron chi connectivity index (χ4n) is 0.827. The maximum absolute atomic E-state index is 13.0. The molecule has 0 radical (unpaired) electrons. The Morgan fingerprint density at radius 3 is 2.71 bits per heavy atom. The molecule has 1 rings (SSSR count). The summed E-state index contributed by atoms with van der Waals surface area (Å²) >= 11 is 2.84. The average Bonchev–Trinajstić information content (AvgIpc) is 2.10. The van der Waals surface area contributed by atoms with Gasteiger partial charge in [-0.2, -0.15) is 0 Å². The van der Waals surface area contributed by atoms with Crippen LogP contribution in [0.2, 0.25) is 0 Å². The standard InChI is InChI=1S/C7H4BrF2NO3/c8-4-1-7(14-3-9)5(10)2-6(4)11(12)13/h1-2H,3H2. The van der Waals surface area contributed by atoms with E-state index in [0.717, 1.165) is 6.07 Å². The molecular formula is C7H4BrF2NO3. The van der Waals surface area contributed by atoms with Gasteiger partial charge in [0.15, 0.2) is 11.6 Å². The summed E-state index contributed by atoms with van der Waals surface area (Å²) in [7, 11) is 0. The summed E-state index contributed by atoms with van der Waals surface area (Å²) in [5.41, 5.74) is -0.436. The molecule has 7 heteroatoms. The van der Waals surface area contributed by atoms with Gasteiger partial charge in [-0.3, -0.25) is 10.1 Å². The molecule has 76 valence electrons. The van der Waals surface area contributed by atoms with Crippen molar-refractivity contribution in [3.63, 3.8) is 0 Å². The molecule has 14 heavy (non-hydrogen) atoms. The Balaban J connectivity index is 3.17. The van der Waals surface area contributed by atoms with Gasteiger partial charge in [-0.1, -0.05) is 0 Å². The highest BCUT2D eigenvalue weighted by Crippen LogP contribution is 2.31. The number of rotatable bonds is 3. The van der Waals surface area contributed by atoms with Gasteiger partial charge < -0.3 is 4.74 Å². The fraction of sp³-hybridized carbons (Fsp3) is 0.143. The van der Waals surface area contributed by atoms with Crippen LogP contribution in [0.15, 0.2) is 16.6 Å². The third-order valence-corrected chi connectivity index (χ3v) is 2.04. The molecule has 0 aromatic heterocycles. The zero-order valence-electron chi connectivity index (χ0n) is 6.67. The van der Waals surface area contributed by atoms with Gasteiger partial charge in [0, 0.05) is 6.07 Å². The number of alkyl halides is 1. The number of nitrogens with zero attached hydrogens (tertiary/aromatic N) is 1. The maximum Gasteiger partial charge on any atom is 0.286 e. The van der Waals surface area contributed by atoms with Crippen LogP contribution in [0.5, 0.6) is 5.75 Å². The third-order valence-electron chi connectivity index (χ3n) is 1.41. The molecule has 0 aliphatic rings. The smallest absolute Gasteiger partial charge is 0.286 e. The van der Waals surface area contributed by atoms with Crippen molar-refractivity contribution in [2.45, 2.75) is 0 Å². The van der Waals surface area contributed by atoms with Crippen LogP contribution >= 0.6 is 15.9 Å². The predicted molar refractivity (Wildman–Crippen MR) is 47.4 cm³/mol. The van der Waals surface area contributed by atoms with Crippen LogP contribution in [0, 0.1) is 15.9 Å². The van der Waals surface area contributed by atoms with Crippen molar-refractivity contribution in [3.05, 3.63) is 32.5 Å². The van der Waals surface area contributed by atoms with Crippen molar-refractivity contribution in [1.82, 2.24) is 0 Å². The number of ether oxygens (including phenoxy) is 1. The van der Waals surface area contributed by atoms with Gasteiger partial charge in [0.25, 0.3) is 5.69 Å². The molecule has 0 atom stereocenters. The molecule has 0 spiro atoms. The molecule has 0 unspecified atom stereocenters. The normalized spacial score (nSPS) is 9.93. The first-order valence-electron chi connectivity index (χ1n) is 3.38. The van der Waals surface area contributed by atoms with E-state index in [1.807, 2.05) is 0 Å². The number of hydrogen-bond acceptors (Lipinski definition) is 3. The highest BCUT2D eigenvalue weighted by Gasteiger charge is 2.17. The van der Waals surface area contributed by atoms with E-state index in [0.29, 0.717) is 6.07 Å². The lowest BCUT2D eigenvalue weighted by Gasteiger charge is -2.03. The van der Waals surface area contributed by atoms with Crippen LogP contribution in [0.3, 0.4) is 0 Å². The minimum Gasteiger partial charge on any atom is -0.460 e. The molecule has 0 saturated carbocycles. The summed E-state index contributed by atoms with van der Waals surface area (Å²) in [5, 5.41) is 10.3. The largest absolute Gasteiger partial charge is 0.460 e. The second-order valence-corrected chi connectivity index (χ2v) is 3.10. The van der Waals surface area contributed by atoms with E-state index >= 15 is 0 Å². The van der Waals surface area contributed by atoms with Crippen molar-refractivity contribution in [2.24, 2.45) is 0 Å². The summed E-state index contributed by atoms with van der Waals surface area (Å²) in [4.78, 5) is 9.58. The molecule has 1 aromatic carbocycles. The Morgan fingerprint density at radius 1 is 1.57 bits per heavy atom. The Labute approximate surface area is 85.8 Å². The first kappa shape index (κ1) is 10.8. The van der Waals surface area contributed by atoms with Gasteiger partial charge in [0.2, 0.25) is 6.86 Å². The van der Waals surface area contributed by atoms with Gasteiger partial charge >= 0.3 is 0 Å². The van der Waals surface area contributed by atoms with E-state index in [1.54, 1.807) is 0 Å². The second-order valence-electron chi connectivity index (χ2n) is 2.24. The number of nitro groups is 1. The molecule has 0 saturated heterocycles. The molecule has 0 heterocycles. The lowest BCUT2D eigenvalue weighted by atomic mass is 10.3. The van der Waals surface area contributed by atoms with Crippen LogP contribution in [0.25, 0.3) is 0 Å². The van der Waals surface area contributed by atoms with E-state index in [4.69, 9.17) is 0 Å². The van der Waals surface area contributed by atoms with E-state index in [1.165, 1.54) is 0 Å². The molecule has 0 bridgehead atoms. The number of hydrogen-bond donors (Lipinski definition) is 0. The lowest BCUT2D eigenvalue weighted by Crippen LogP contribution is -1.96. The Kier molecular flexibility index (Phi) is 3.34. The van der Waals surface area contributed by atoms with E-state index < -0.39 is 23.3 Å². The molecule has 0 aliphatic carbocycles. The van der Waals surface area contributed by atoms with E-state index in [2.05, 4.69) is 20.7 Å². The van der Waals surface area contributed by atoms with Gasteiger partial charge in [-0.15, -0.1) is 0 Å². The van der Waals surface area contributed by atoms with Gasteiger partial charge in [0.05, 0.1) is 15.5 Å². The minimum atomic E-state index is -1.19. The average molecular weight is 268 g/mol. The maximum atomic E-state index is 13.0. The van der Waals surface area contributed by atoms with Crippen LogP contribution < -0.4 is 4.74 Å². The highest BCUT2D eigenvalue weighted by molar-refractivity contribution is 9.10. The summed E-state index contributed by atoms with van der Waals surface area (Å²) in [6.45, 7) is -1.19. The summed E-state index contributed by atoms with van der Waals surface area (Å²) in [5.74, 6) is -1.34. The SMILES string of the molecule is O=[N+]([O-])c1cc(F)c(OCF)cc1Br. The quantitative estimate of drug-likeness (QED) is 0.625. The van der Waals surface area contributed by atoms with E-state index in [9.17, 15) is 18.9 Å². The topological polar surface area (TPSA) is 52.4 Å². The molecule has 1 aromatic rings. The second kappa shape index (κ2) is 4.32. The summed E-state index contributed by atoms with van der Waals surface area (Å²) in [6, 6.07) is 1.67. The number of halogens is 3. The Morgan fingerprint density at radius 2 is 2.21 bits per heavy atom. The molecule has 0 aliphatic heterocycles. The first-order chi connectivity index (χ1) is 6.56. The Hall–Kier alpha value is -1.24. The molecular weight excluding hydrogens is 264 g/mol. The minimum absolute atomic E-state index is 0.0346. The number of nitro benzene ring substituents is 1. The first-order valence-corrected chi connectivity index (χ1v) is 4.17. The van der Waals surface area contributed by atoms with Crippen LogP contribution in [0.1, 0.15) is 0 Å². The molecule has 0 amide bonds. The zero-order chi connectivity index (χ0) is 10.7. The van der Waals surface area contributed by atoms with Crippen LogP contribution in [-0.2, 0) is 0 Å².